The van der Waals surface area contributed by atoms with Crippen LogP contribution in [0.2, 0.25) is 0 Å². The van der Waals surface area contributed by atoms with Crippen LogP contribution < -0.4 is 15.4 Å². The summed E-state index contributed by atoms with van der Waals surface area (Å²) in [5, 5.41) is 3.74. The average Bonchev–Trinajstić information content (AvgIpc) is 2.74. The Hall–Kier alpha value is -3.12. The van der Waals surface area contributed by atoms with E-state index in [0.29, 0.717) is 0 Å². The summed E-state index contributed by atoms with van der Waals surface area (Å²) < 4.78 is 61.3. The molecule has 3 N–H and O–H groups in total. The molecule has 9 nitrogen and oxygen atoms in total. The number of aromatic nitrogens is 1. The van der Waals surface area contributed by atoms with E-state index in [2.05, 4.69) is 20.3 Å². The number of pyridine rings is 1. The molecule has 166 valence electrons. The van der Waals surface area contributed by atoms with Gasteiger partial charge in [0.25, 0.3) is 5.91 Å². The number of nitrogens with zero attached hydrogens (tertiary/aromatic N) is 1. The summed E-state index contributed by atoms with van der Waals surface area (Å²) in [5.74, 6) is -3.36. The summed E-state index contributed by atoms with van der Waals surface area (Å²) in [6, 6.07) is 4.45. The number of carbonyl (C=O) groups is 2. The van der Waals surface area contributed by atoms with E-state index in [1.807, 2.05) is 0 Å². The molecule has 1 aromatic heterocycles. The monoisotopic (exact) mass is 454 g/mol. The first-order valence-corrected chi connectivity index (χ1v) is 10.8. The number of rotatable bonds is 6. The van der Waals surface area contributed by atoms with Crippen LogP contribution in [0.1, 0.15) is 30.1 Å². The van der Waals surface area contributed by atoms with Crippen LogP contribution >= 0.6 is 0 Å². The maximum atomic E-state index is 14.8. The Balaban J connectivity index is 1.78. The topological polar surface area (TPSA) is 126 Å². The van der Waals surface area contributed by atoms with Crippen LogP contribution in [0.15, 0.2) is 30.5 Å². The van der Waals surface area contributed by atoms with Gasteiger partial charge in [-0.05, 0) is 37.1 Å². The van der Waals surface area contributed by atoms with Gasteiger partial charge >= 0.3 is 0 Å². The van der Waals surface area contributed by atoms with Gasteiger partial charge in [-0.1, -0.05) is 0 Å². The number of nitrogens with one attached hydrogen (secondary N) is 3. The van der Waals surface area contributed by atoms with Gasteiger partial charge in [0, 0.05) is 26.3 Å². The van der Waals surface area contributed by atoms with Crippen molar-refractivity contribution < 1.29 is 31.5 Å². The summed E-state index contributed by atoms with van der Waals surface area (Å²) >= 11 is 0. The highest BCUT2D eigenvalue weighted by atomic mass is 32.2. The number of hydrogen-bond donors (Lipinski definition) is 3. The lowest BCUT2D eigenvalue weighted by Gasteiger charge is -2.23. The number of carbonyl (C=O) groups excluding carboxylic acids is 2. The lowest BCUT2D eigenvalue weighted by Crippen LogP contribution is -2.33. The third-order valence-electron chi connectivity index (χ3n) is 4.52. The number of sulfonamides is 1. The fraction of sp³-hybridized carbons (Fsp3) is 0.316. The molecule has 12 heteroatoms. The highest BCUT2D eigenvalue weighted by molar-refractivity contribution is 7.93. The minimum absolute atomic E-state index is 0.0268. The van der Waals surface area contributed by atoms with Crippen molar-refractivity contribution in [3.05, 3.63) is 47.7 Å². The second-order valence-electron chi connectivity index (χ2n) is 6.81. The molecule has 2 heterocycles. The Kier molecular flexibility index (Phi) is 6.81. The van der Waals surface area contributed by atoms with Gasteiger partial charge in [0.2, 0.25) is 15.9 Å². The molecule has 1 aromatic carbocycles. The van der Waals surface area contributed by atoms with Gasteiger partial charge in [-0.15, -0.1) is 0 Å². The molecule has 31 heavy (non-hydrogen) atoms. The van der Waals surface area contributed by atoms with E-state index in [-0.39, 0.29) is 43.3 Å². The van der Waals surface area contributed by atoms with Crippen molar-refractivity contribution in [1.82, 2.24) is 4.98 Å². The molecule has 0 atom stereocenters. The number of ether oxygens (including phenoxy) is 1. The molecule has 2 aromatic rings. The third-order valence-corrected chi connectivity index (χ3v) is 6.37. The van der Waals surface area contributed by atoms with Crippen LogP contribution in [0.25, 0.3) is 0 Å². The van der Waals surface area contributed by atoms with Crippen molar-refractivity contribution >= 4 is 39.0 Å². The quantitative estimate of drug-likeness (QED) is 0.616. The van der Waals surface area contributed by atoms with Gasteiger partial charge in [-0.2, -0.15) is 0 Å². The molecule has 3 rings (SSSR count). The van der Waals surface area contributed by atoms with Gasteiger partial charge in [-0.3, -0.25) is 14.3 Å². The van der Waals surface area contributed by atoms with Gasteiger partial charge in [0.15, 0.2) is 5.82 Å². The van der Waals surface area contributed by atoms with Crippen molar-refractivity contribution in [1.29, 1.82) is 0 Å². The Morgan fingerprint density at radius 1 is 1.10 bits per heavy atom. The summed E-state index contributed by atoms with van der Waals surface area (Å²) in [6.45, 7) is 1.83. The van der Waals surface area contributed by atoms with Crippen molar-refractivity contribution in [3.8, 4) is 0 Å². The van der Waals surface area contributed by atoms with Crippen molar-refractivity contribution in [2.45, 2.75) is 25.0 Å². The largest absolute Gasteiger partial charge is 0.381 e. The molecule has 1 fully saturated rings. The molecular weight excluding hydrogens is 434 g/mol. The van der Waals surface area contributed by atoms with Crippen LogP contribution in [0.4, 0.5) is 26.0 Å². The number of halogens is 2. The van der Waals surface area contributed by atoms with Gasteiger partial charge < -0.3 is 15.4 Å². The molecule has 0 bridgehead atoms. The molecule has 0 spiro atoms. The lowest BCUT2D eigenvalue weighted by atomic mass is 10.2. The Morgan fingerprint density at radius 2 is 1.81 bits per heavy atom. The van der Waals surface area contributed by atoms with E-state index < -0.39 is 44.2 Å². The maximum Gasteiger partial charge on any atom is 0.257 e. The number of hydrogen-bond acceptors (Lipinski definition) is 6. The van der Waals surface area contributed by atoms with Gasteiger partial charge in [0.05, 0.1) is 16.5 Å². The lowest BCUT2D eigenvalue weighted by molar-refractivity contribution is -0.114. The first kappa shape index (κ1) is 22.6. The molecule has 1 aliphatic heterocycles. The van der Waals surface area contributed by atoms with E-state index in [1.54, 1.807) is 0 Å². The molecule has 0 saturated carbocycles. The minimum Gasteiger partial charge on any atom is -0.381 e. The highest BCUT2D eigenvalue weighted by Crippen LogP contribution is 2.28. The number of anilines is 3. The standard InChI is InChI=1S/C19H20F2N4O5S/c1-11(26)23-16-5-2-12(10-22-16)19(27)24-18-14(20)3-4-15(17(18)21)25-31(28,29)13-6-8-30-9-7-13/h2-5,10,13,25H,6-9H2,1H3,(H,24,27)(H,22,23,26). The average molecular weight is 454 g/mol. The molecule has 1 aliphatic rings. The molecule has 0 aliphatic carbocycles. The SMILES string of the molecule is CC(=O)Nc1ccc(C(=O)Nc2c(F)ccc(NS(=O)(=O)C3CCOCC3)c2F)cn1. The van der Waals surface area contributed by atoms with Crippen molar-refractivity contribution in [3.63, 3.8) is 0 Å². The zero-order valence-electron chi connectivity index (χ0n) is 16.4. The Labute approximate surface area is 177 Å². The van der Waals surface area contributed by atoms with Crippen molar-refractivity contribution in [2.75, 3.05) is 28.6 Å². The van der Waals surface area contributed by atoms with Crippen LogP contribution in [-0.4, -0.2) is 43.7 Å². The van der Waals surface area contributed by atoms with E-state index in [9.17, 15) is 26.8 Å². The molecule has 1 saturated heterocycles. The molecule has 2 amide bonds. The number of benzene rings is 1. The first-order chi connectivity index (χ1) is 14.7. The minimum atomic E-state index is -3.93. The predicted molar refractivity (Wildman–Crippen MR) is 109 cm³/mol. The summed E-state index contributed by atoms with van der Waals surface area (Å²) in [4.78, 5) is 27.2. The zero-order valence-corrected chi connectivity index (χ0v) is 17.3. The predicted octanol–water partition coefficient (Wildman–Crippen LogP) is 2.49. The molecular formula is C19H20F2N4O5S. The summed E-state index contributed by atoms with van der Waals surface area (Å²) in [6.07, 6.45) is 1.63. The summed E-state index contributed by atoms with van der Waals surface area (Å²) in [5.41, 5.74) is -1.31. The second-order valence-corrected chi connectivity index (χ2v) is 8.77. The van der Waals surface area contributed by atoms with E-state index in [0.717, 1.165) is 18.3 Å². The molecule has 0 unspecified atom stereocenters. The normalized spacial score (nSPS) is 14.7. The van der Waals surface area contributed by atoms with Crippen LogP contribution in [0.3, 0.4) is 0 Å². The van der Waals surface area contributed by atoms with E-state index in [4.69, 9.17) is 4.74 Å². The Morgan fingerprint density at radius 3 is 2.42 bits per heavy atom. The smallest absolute Gasteiger partial charge is 0.257 e. The fourth-order valence-corrected chi connectivity index (χ4v) is 4.38. The first-order valence-electron chi connectivity index (χ1n) is 9.30. The number of amides is 2. The van der Waals surface area contributed by atoms with Crippen LogP contribution in [-0.2, 0) is 19.6 Å². The summed E-state index contributed by atoms with van der Waals surface area (Å²) in [7, 11) is -3.93. The van der Waals surface area contributed by atoms with Crippen molar-refractivity contribution in [2.24, 2.45) is 0 Å². The second kappa shape index (κ2) is 9.35. The fourth-order valence-electron chi connectivity index (χ4n) is 2.94. The van der Waals surface area contributed by atoms with E-state index >= 15 is 0 Å². The Bertz CT molecular complexity index is 1090. The van der Waals surface area contributed by atoms with E-state index in [1.165, 1.54) is 19.1 Å². The van der Waals surface area contributed by atoms with Gasteiger partial charge in [0.1, 0.15) is 17.3 Å². The zero-order chi connectivity index (χ0) is 22.6. The highest BCUT2D eigenvalue weighted by Gasteiger charge is 2.29. The molecule has 0 radical (unpaired) electrons. The maximum absolute atomic E-state index is 14.8. The third kappa shape index (κ3) is 5.52. The van der Waals surface area contributed by atoms with Crippen LogP contribution in [0.5, 0.6) is 0 Å². The van der Waals surface area contributed by atoms with Gasteiger partial charge in [-0.25, -0.2) is 22.2 Å². The van der Waals surface area contributed by atoms with Crippen LogP contribution in [0, 0.1) is 11.6 Å².